The standard InChI is InChI=1S/C8H6BrN3O3S2/c1-12-5(8(13)14)2-4(11-17(12)15)7-10-3-6(9)16-7/h2-3H,1H3,(H,13,14). The molecule has 0 bridgehead atoms. The zero-order valence-electron chi connectivity index (χ0n) is 8.45. The fraction of sp³-hybridized carbons (Fsp3) is 0.125. The number of halogens is 1. The molecule has 90 valence electrons. The predicted octanol–water partition coefficient (Wildman–Crippen LogP) is 1.19. The van der Waals surface area contributed by atoms with E-state index in [1.807, 2.05) is 0 Å². The summed E-state index contributed by atoms with van der Waals surface area (Å²) in [5.74, 6) is -1.15. The molecule has 0 amide bonds. The molecule has 0 saturated heterocycles. The summed E-state index contributed by atoms with van der Waals surface area (Å²) in [7, 11) is 1.41. The van der Waals surface area contributed by atoms with Crippen LogP contribution in [0.3, 0.4) is 0 Å². The van der Waals surface area contributed by atoms with Crippen LogP contribution in [-0.4, -0.2) is 37.7 Å². The minimum Gasteiger partial charge on any atom is -0.566 e. The van der Waals surface area contributed by atoms with E-state index >= 15 is 0 Å². The topological polar surface area (TPSA) is 88.9 Å². The van der Waals surface area contributed by atoms with Gasteiger partial charge in [-0.1, -0.05) is 0 Å². The first-order valence-electron chi connectivity index (χ1n) is 4.30. The molecule has 0 aromatic carbocycles. The first kappa shape index (κ1) is 12.6. The van der Waals surface area contributed by atoms with Crippen LogP contribution >= 0.6 is 27.3 Å². The van der Waals surface area contributed by atoms with Gasteiger partial charge < -0.3 is 9.66 Å². The summed E-state index contributed by atoms with van der Waals surface area (Å²) in [6.07, 6.45) is 2.94. The highest BCUT2D eigenvalue weighted by Gasteiger charge is 2.30. The molecule has 1 N–H and O–H groups in total. The fourth-order valence-electron chi connectivity index (χ4n) is 1.15. The number of hydrogen-bond donors (Lipinski definition) is 1. The Morgan fingerprint density at radius 1 is 1.71 bits per heavy atom. The smallest absolute Gasteiger partial charge is 0.356 e. The number of aliphatic carboxylic acids is 1. The highest BCUT2D eigenvalue weighted by Crippen LogP contribution is 2.24. The van der Waals surface area contributed by atoms with Crippen LogP contribution in [0.15, 0.2) is 26.2 Å². The van der Waals surface area contributed by atoms with Gasteiger partial charge in [-0.3, -0.25) is 0 Å². The van der Waals surface area contributed by atoms with Crippen LogP contribution < -0.4 is 0 Å². The van der Waals surface area contributed by atoms with E-state index in [1.54, 1.807) is 6.20 Å². The largest absolute Gasteiger partial charge is 0.566 e. The molecule has 2 heterocycles. The van der Waals surface area contributed by atoms with E-state index in [4.69, 9.17) is 5.11 Å². The van der Waals surface area contributed by atoms with E-state index in [0.717, 1.165) is 8.09 Å². The van der Waals surface area contributed by atoms with Gasteiger partial charge in [0.05, 0.1) is 17.0 Å². The maximum Gasteiger partial charge on any atom is 0.356 e. The second kappa shape index (κ2) is 4.77. The number of hydrogen-bond acceptors (Lipinski definition) is 6. The molecular formula is C8H6BrN3O3S2. The van der Waals surface area contributed by atoms with Crippen molar-refractivity contribution < 1.29 is 14.5 Å². The number of carboxylic acids is 1. The zero-order chi connectivity index (χ0) is 12.6. The summed E-state index contributed by atoms with van der Waals surface area (Å²) in [5.41, 5.74) is 0.245. The van der Waals surface area contributed by atoms with Crippen molar-refractivity contribution in [3.05, 3.63) is 26.8 Å². The van der Waals surface area contributed by atoms with Crippen LogP contribution in [0.4, 0.5) is 0 Å². The normalized spacial score (nSPS) is 19.9. The number of rotatable bonds is 2. The Labute approximate surface area is 112 Å². The quantitative estimate of drug-likeness (QED) is 0.820. The Bertz CT molecular complexity index is 528. The van der Waals surface area contributed by atoms with Crippen LogP contribution in [0.2, 0.25) is 0 Å². The molecule has 17 heavy (non-hydrogen) atoms. The van der Waals surface area contributed by atoms with Crippen LogP contribution in [0.5, 0.6) is 0 Å². The lowest BCUT2D eigenvalue weighted by molar-refractivity contribution is -0.133. The molecule has 1 atom stereocenters. The van der Waals surface area contributed by atoms with Gasteiger partial charge in [0, 0.05) is 6.08 Å². The Kier molecular flexibility index (Phi) is 3.52. The van der Waals surface area contributed by atoms with Crippen molar-refractivity contribution in [2.24, 2.45) is 4.40 Å². The molecule has 9 heteroatoms. The molecule has 2 rings (SSSR count). The third kappa shape index (κ3) is 2.51. The molecule has 6 nitrogen and oxygen atoms in total. The lowest BCUT2D eigenvalue weighted by Gasteiger charge is -2.20. The van der Waals surface area contributed by atoms with E-state index in [0.29, 0.717) is 10.7 Å². The number of aromatic nitrogens is 1. The van der Waals surface area contributed by atoms with E-state index in [9.17, 15) is 9.35 Å². The molecule has 1 aliphatic rings. The lowest BCUT2D eigenvalue weighted by Crippen LogP contribution is -2.33. The molecule has 1 aromatic heterocycles. The van der Waals surface area contributed by atoms with Crippen molar-refractivity contribution in [1.29, 1.82) is 0 Å². The molecule has 1 aliphatic heterocycles. The average molecular weight is 336 g/mol. The summed E-state index contributed by atoms with van der Waals surface area (Å²) >= 11 is 2.81. The first-order valence-corrected chi connectivity index (χ1v) is 6.97. The van der Waals surface area contributed by atoms with Crippen LogP contribution in [0.25, 0.3) is 0 Å². The third-order valence-electron chi connectivity index (χ3n) is 1.94. The van der Waals surface area contributed by atoms with Gasteiger partial charge in [-0.25, -0.2) is 9.78 Å². The van der Waals surface area contributed by atoms with Gasteiger partial charge >= 0.3 is 5.97 Å². The van der Waals surface area contributed by atoms with Crippen LogP contribution in [0.1, 0.15) is 5.01 Å². The van der Waals surface area contributed by atoms with Gasteiger partial charge in [-0.2, -0.15) is 4.31 Å². The number of likely N-dealkylation sites (N-methyl/N-ethyl adjacent to an activating group) is 1. The number of nitrogens with zero attached hydrogens (tertiary/aromatic N) is 3. The molecule has 0 saturated carbocycles. The van der Waals surface area contributed by atoms with Crippen molar-refractivity contribution in [3.8, 4) is 0 Å². The van der Waals surface area contributed by atoms with E-state index in [1.165, 1.54) is 24.5 Å². The molecular weight excluding hydrogens is 330 g/mol. The Balaban J connectivity index is 2.42. The summed E-state index contributed by atoms with van der Waals surface area (Å²) in [6.45, 7) is 0. The van der Waals surface area contributed by atoms with Crippen molar-refractivity contribution in [2.75, 3.05) is 7.05 Å². The lowest BCUT2D eigenvalue weighted by atomic mass is 10.3. The van der Waals surface area contributed by atoms with Crippen molar-refractivity contribution >= 4 is 50.5 Å². The second-order valence-electron chi connectivity index (χ2n) is 3.01. The Morgan fingerprint density at radius 3 is 2.94 bits per heavy atom. The summed E-state index contributed by atoms with van der Waals surface area (Å²) in [5, 5.41) is 9.50. The third-order valence-corrected chi connectivity index (χ3v) is 4.46. The predicted molar refractivity (Wildman–Crippen MR) is 68.0 cm³/mol. The van der Waals surface area contributed by atoms with Crippen LogP contribution in [-0.2, 0) is 16.3 Å². The molecule has 0 radical (unpaired) electrons. The molecule has 0 aliphatic carbocycles. The van der Waals surface area contributed by atoms with Gasteiger partial charge in [0.1, 0.15) is 5.01 Å². The number of carbonyl (C=O) groups is 1. The number of allylic oxidation sites excluding steroid dienone is 1. The van der Waals surface area contributed by atoms with Gasteiger partial charge in [-0.05, 0) is 20.3 Å². The number of carboxylic acid groups (broad SMARTS) is 1. The highest BCUT2D eigenvalue weighted by atomic mass is 79.9. The molecule has 0 fully saturated rings. The molecule has 0 spiro atoms. The zero-order valence-corrected chi connectivity index (χ0v) is 11.7. The van der Waals surface area contributed by atoms with Crippen molar-refractivity contribution in [3.63, 3.8) is 0 Å². The average Bonchev–Trinajstić information content (AvgIpc) is 2.68. The van der Waals surface area contributed by atoms with Crippen molar-refractivity contribution in [1.82, 2.24) is 9.29 Å². The summed E-state index contributed by atoms with van der Waals surface area (Å²) in [4.78, 5) is 15.0. The monoisotopic (exact) mass is 335 g/mol. The van der Waals surface area contributed by atoms with Gasteiger partial charge in [0.2, 0.25) is 11.5 Å². The number of thiazole rings is 1. The minimum absolute atomic E-state index is 0.0698. The fourth-order valence-corrected chi connectivity index (χ4v) is 3.10. The minimum atomic E-state index is -1.73. The SMILES string of the molecule is CN1C(C(=O)O)=CC(c2ncc(Br)s2)=N[S+]1[O-]. The maximum atomic E-state index is 11.6. The van der Waals surface area contributed by atoms with Crippen LogP contribution in [0, 0.1) is 0 Å². The van der Waals surface area contributed by atoms with Gasteiger partial charge in [0.25, 0.3) is 0 Å². The van der Waals surface area contributed by atoms with E-state index in [2.05, 4.69) is 25.3 Å². The molecule has 1 aromatic rings. The Morgan fingerprint density at radius 2 is 2.41 bits per heavy atom. The Hall–Kier alpha value is -0.900. The van der Waals surface area contributed by atoms with Gasteiger partial charge in [-0.15, -0.1) is 11.3 Å². The van der Waals surface area contributed by atoms with E-state index in [-0.39, 0.29) is 5.70 Å². The summed E-state index contributed by atoms with van der Waals surface area (Å²) in [6, 6.07) is 0. The first-order chi connectivity index (χ1) is 7.99. The molecule has 1 unspecified atom stereocenters. The highest BCUT2D eigenvalue weighted by molar-refractivity contribution is 9.11. The van der Waals surface area contributed by atoms with Crippen molar-refractivity contribution in [2.45, 2.75) is 0 Å². The second-order valence-corrected chi connectivity index (χ2v) is 6.61. The maximum absolute atomic E-state index is 11.6. The summed E-state index contributed by atoms with van der Waals surface area (Å²) < 4.78 is 17.4. The van der Waals surface area contributed by atoms with E-state index < -0.39 is 17.5 Å². The van der Waals surface area contributed by atoms with Gasteiger partial charge in [0.15, 0.2) is 11.4 Å².